The van der Waals surface area contributed by atoms with E-state index in [1.54, 1.807) is 22.8 Å². The number of methoxy groups -OCH3 is 3. The first-order chi connectivity index (χ1) is 13.9. The normalized spacial score (nSPS) is 15.2. The molecule has 0 amide bonds. The van der Waals surface area contributed by atoms with Crippen molar-refractivity contribution in [1.29, 1.82) is 5.26 Å². The summed E-state index contributed by atoms with van der Waals surface area (Å²) in [6.45, 7) is 4.19. The van der Waals surface area contributed by atoms with Crippen molar-refractivity contribution >= 4 is 0 Å². The van der Waals surface area contributed by atoms with E-state index in [9.17, 15) is 10.1 Å². The van der Waals surface area contributed by atoms with Gasteiger partial charge in [0.1, 0.15) is 17.4 Å². The van der Waals surface area contributed by atoms with Gasteiger partial charge in [0.2, 0.25) is 11.6 Å². The number of aromatic nitrogens is 1. The third kappa shape index (κ3) is 3.14. The van der Waals surface area contributed by atoms with Crippen LogP contribution in [0.2, 0.25) is 0 Å². The first-order valence-electron chi connectivity index (χ1n) is 9.03. The van der Waals surface area contributed by atoms with Crippen LogP contribution in [-0.4, -0.2) is 25.9 Å². The Bertz CT molecular complexity index is 1070. The topological polar surface area (TPSA) is 109 Å². The average molecular weight is 397 g/mol. The lowest BCUT2D eigenvalue weighted by Gasteiger charge is -2.28. The van der Waals surface area contributed by atoms with Gasteiger partial charge in [-0.05, 0) is 31.5 Å². The van der Waals surface area contributed by atoms with Crippen molar-refractivity contribution in [2.75, 3.05) is 21.3 Å². The third-order valence-corrected chi connectivity index (χ3v) is 5.03. The van der Waals surface area contributed by atoms with E-state index in [4.69, 9.17) is 24.7 Å². The predicted octanol–water partition coefficient (Wildman–Crippen LogP) is 2.42. The number of allylic oxidation sites excluding steroid dienone is 1. The van der Waals surface area contributed by atoms with Gasteiger partial charge in [-0.1, -0.05) is 0 Å². The summed E-state index contributed by atoms with van der Waals surface area (Å²) in [7, 11) is 4.51. The minimum Gasteiger partial charge on any atom is -0.493 e. The Morgan fingerprint density at radius 3 is 2.28 bits per heavy atom. The fraction of sp³-hybridized carbons (Fsp3) is 0.333. The van der Waals surface area contributed by atoms with Crippen LogP contribution in [-0.2, 0) is 6.54 Å². The van der Waals surface area contributed by atoms with Crippen LogP contribution in [0.25, 0.3) is 0 Å². The summed E-state index contributed by atoms with van der Waals surface area (Å²) in [5, 5.41) is 9.78. The summed E-state index contributed by atoms with van der Waals surface area (Å²) >= 11 is 0. The SMILES string of the molecule is CCn1c(C)cc2c(c1=O)[C@H](c1cc(OC)c(OC)c(OC)c1)C(C#N)=C(N)O2. The second-order valence-corrected chi connectivity index (χ2v) is 6.50. The number of rotatable bonds is 5. The smallest absolute Gasteiger partial charge is 0.258 e. The number of hydrogen-bond donors (Lipinski definition) is 1. The number of nitrogens with two attached hydrogens (primary N) is 1. The first kappa shape index (κ1) is 20.1. The molecule has 29 heavy (non-hydrogen) atoms. The summed E-state index contributed by atoms with van der Waals surface area (Å²) in [4.78, 5) is 13.3. The Hall–Kier alpha value is -3.60. The van der Waals surface area contributed by atoms with Gasteiger partial charge in [-0.2, -0.15) is 5.26 Å². The molecule has 1 aromatic carbocycles. The number of pyridine rings is 1. The molecule has 1 aliphatic rings. The molecule has 0 radical (unpaired) electrons. The standard InChI is InChI=1S/C21H23N3O5/c1-6-24-11(2)7-14-18(21(24)25)17(13(10-22)20(23)29-14)12-8-15(26-3)19(28-5)16(9-12)27-4/h7-9,17H,6,23H2,1-5H3/t17-/m1/s1. The lowest BCUT2D eigenvalue weighted by atomic mass is 9.83. The van der Waals surface area contributed by atoms with Crippen molar-refractivity contribution in [2.24, 2.45) is 5.73 Å². The van der Waals surface area contributed by atoms with Crippen LogP contribution in [0.5, 0.6) is 23.0 Å². The van der Waals surface area contributed by atoms with Gasteiger partial charge in [-0.15, -0.1) is 0 Å². The van der Waals surface area contributed by atoms with E-state index in [1.807, 2.05) is 13.8 Å². The van der Waals surface area contributed by atoms with Crippen LogP contribution in [0.4, 0.5) is 0 Å². The summed E-state index contributed by atoms with van der Waals surface area (Å²) in [5.41, 5.74) is 7.64. The number of nitrogens with zero attached hydrogens (tertiary/aromatic N) is 2. The second-order valence-electron chi connectivity index (χ2n) is 6.50. The molecular weight excluding hydrogens is 374 g/mol. The highest BCUT2D eigenvalue weighted by molar-refractivity contribution is 5.61. The number of hydrogen-bond acceptors (Lipinski definition) is 7. The molecule has 1 atom stereocenters. The van der Waals surface area contributed by atoms with Gasteiger partial charge in [-0.3, -0.25) is 4.79 Å². The zero-order valence-corrected chi connectivity index (χ0v) is 17.0. The highest BCUT2D eigenvalue weighted by Gasteiger charge is 2.35. The molecule has 8 heteroatoms. The van der Waals surface area contributed by atoms with E-state index in [0.717, 1.165) is 5.69 Å². The summed E-state index contributed by atoms with van der Waals surface area (Å²) in [5.74, 6) is 0.807. The number of nitriles is 1. The highest BCUT2D eigenvalue weighted by atomic mass is 16.5. The Morgan fingerprint density at radius 2 is 1.79 bits per heavy atom. The minimum atomic E-state index is -0.733. The number of ether oxygens (including phenoxy) is 4. The molecule has 3 rings (SSSR count). The van der Waals surface area contributed by atoms with Crippen molar-refractivity contribution < 1.29 is 18.9 Å². The van der Waals surface area contributed by atoms with Crippen molar-refractivity contribution in [2.45, 2.75) is 26.3 Å². The number of fused-ring (bicyclic) bond motifs is 1. The van der Waals surface area contributed by atoms with Crippen LogP contribution in [0.15, 0.2) is 34.4 Å². The Labute approximate surface area is 168 Å². The minimum absolute atomic E-state index is 0.0354. The van der Waals surface area contributed by atoms with Crippen molar-refractivity contribution in [3.8, 4) is 29.1 Å². The third-order valence-electron chi connectivity index (χ3n) is 5.03. The molecule has 2 aromatic rings. The quantitative estimate of drug-likeness (QED) is 0.825. The number of aryl methyl sites for hydroxylation is 1. The molecular formula is C21H23N3O5. The zero-order valence-electron chi connectivity index (χ0n) is 17.0. The van der Waals surface area contributed by atoms with Crippen molar-refractivity contribution in [1.82, 2.24) is 4.57 Å². The molecule has 1 aliphatic heterocycles. The van der Waals surface area contributed by atoms with E-state index in [2.05, 4.69) is 6.07 Å². The van der Waals surface area contributed by atoms with Gasteiger partial charge in [0.15, 0.2) is 11.5 Å². The van der Waals surface area contributed by atoms with Gasteiger partial charge in [0.05, 0.1) is 32.8 Å². The van der Waals surface area contributed by atoms with Gasteiger partial charge in [0.25, 0.3) is 5.56 Å². The maximum atomic E-state index is 13.3. The second kappa shape index (κ2) is 7.80. The summed E-state index contributed by atoms with van der Waals surface area (Å²) in [6, 6.07) is 7.27. The molecule has 2 N–H and O–H groups in total. The van der Waals surface area contributed by atoms with E-state index < -0.39 is 5.92 Å². The van der Waals surface area contributed by atoms with Crippen LogP contribution >= 0.6 is 0 Å². The van der Waals surface area contributed by atoms with Gasteiger partial charge < -0.3 is 29.2 Å². The molecule has 0 unspecified atom stereocenters. The first-order valence-corrected chi connectivity index (χ1v) is 9.03. The zero-order chi connectivity index (χ0) is 21.3. The van der Waals surface area contributed by atoms with Crippen LogP contribution < -0.4 is 30.2 Å². The molecule has 2 heterocycles. The maximum Gasteiger partial charge on any atom is 0.258 e. The van der Waals surface area contributed by atoms with Gasteiger partial charge in [-0.25, -0.2) is 0 Å². The monoisotopic (exact) mass is 397 g/mol. The number of benzene rings is 1. The van der Waals surface area contributed by atoms with E-state index in [0.29, 0.717) is 40.7 Å². The lowest BCUT2D eigenvalue weighted by molar-refractivity contribution is 0.323. The molecule has 0 spiro atoms. The van der Waals surface area contributed by atoms with Crippen LogP contribution in [0, 0.1) is 18.3 Å². The molecule has 0 aliphatic carbocycles. The van der Waals surface area contributed by atoms with Crippen LogP contribution in [0.3, 0.4) is 0 Å². The highest BCUT2D eigenvalue weighted by Crippen LogP contribution is 2.46. The molecule has 0 fully saturated rings. The molecule has 8 nitrogen and oxygen atoms in total. The van der Waals surface area contributed by atoms with Gasteiger partial charge >= 0.3 is 0 Å². The molecule has 152 valence electrons. The van der Waals surface area contributed by atoms with E-state index in [1.165, 1.54) is 21.3 Å². The van der Waals surface area contributed by atoms with Crippen LogP contribution in [0.1, 0.15) is 29.7 Å². The van der Waals surface area contributed by atoms with Crippen molar-refractivity contribution in [3.63, 3.8) is 0 Å². The van der Waals surface area contributed by atoms with E-state index >= 15 is 0 Å². The Kier molecular flexibility index (Phi) is 5.41. The molecule has 1 aromatic heterocycles. The Balaban J connectivity index is 2.38. The molecule has 0 saturated carbocycles. The summed E-state index contributed by atoms with van der Waals surface area (Å²) in [6.07, 6.45) is 0. The van der Waals surface area contributed by atoms with Gasteiger partial charge in [0, 0.05) is 18.3 Å². The molecule has 0 saturated heterocycles. The lowest BCUT2D eigenvalue weighted by Crippen LogP contribution is -2.32. The average Bonchev–Trinajstić information content (AvgIpc) is 2.71. The van der Waals surface area contributed by atoms with E-state index in [-0.39, 0.29) is 17.0 Å². The maximum absolute atomic E-state index is 13.3. The fourth-order valence-electron chi connectivity index (χ4n) is 3.68. The largest absolute Gasteiger partial charge is 0.493 e. The van der Waals surface area contributed by atoms with Crippen molar-refractivity contribution in [3.05, 3.63) is 56.8 Å². The predicted molar refractivity (Wildman–Crippen MR) is 107 cm³/mol. The summed E-state index contributed by atoms with van der Waals surface area (Å²) < 4.78 is 23.5. The fourth-order valence-corrected chi connectivity index (χ4v) is 3.68. The Morgan fingerprint density at radius 1 is 1.17 bits per heavy atom. The molecule has 0 bridgehead atoms.